The first-order valence-corrected chi connectivity index (χ1v) is 9.45. The molecule has 28 heavy (non-hydrogen) atoms. The molecule has 1 aromatic heterocycles. The van der Waals surface area contributed by atoms with E-state index in [1.807, 2.05) is 43.3 Å². The molecule has 1 aromatic carbocycles. The number of hydrogen-bond acceptors (Lipinski definition) is 3. The van der Waals surface area contributed by atoms with Gasteiger partial charge >= 0.3 is 6.18 Å². The average Bonchev–Trinajstić information content (AvgIpc) is 3.20. The zero-order chi connectivity index (χ0) is 19.9. The summed E-state index contributed by atoms with van der Waals surface area (Å²) < 4.78 is 38.4. The van der Waals surface area contributed by atoms with Gasteiger partial charge in [-0.15, -0.1) is 0 Å². The van der Waals surface area contributed by atoms with Gasteiger partial charge in [0.05, 0.1) is 18.2 Å². The number of aryl methyl sites for hydroxylation is 1. The second-order valence-electron chi connectivity index (χ2n) is 7.71. The molecule has 0 unspecified atom stereocenters. The van der Waals surface area contributed by atoms with E-state index in [-0.39, 0.29) is 23.8 Å². The number of halogens is 3. The number of piperidine rings is 1. The van der Waals surface area contributed by atoms with Crippen LogP contribution in [0.25, 0.3) is 11.3 Å². The predicted octanol–water partition coefficient (Wildman–Crippen LogP) is 4.27. The van der Waals surface area contributed by atoms with Crippen molar-refractivity contribution in [2.24, 2.45) is 11.8 Å². The number of carbonyl (C=O) groups excluding carboxylic acids is 1. The number of anilines is 1. The number of alkyl halides is 3. The fourth-order valence-corrected chi connectivity index (χ4v) is 4.63. The van der Waals surface area contributed by atoms with Crippen molar-refractivity contribution in [1.29, 1.82) is 0 Å². The first-order chi connectivity index (χ1) is 13.3. The topological polar surface area (TPSA) is 45.2 Å². The third-order valence-electron chi connectivity index (χ3n) is 5.82. The Bertz CT molecular complexity index is 869. The van der Waals surface area contributed by atoms with Gasteiger partial charge in [0.15, 0.2) is 0 Å². The molecule has 1 aliphatic carbocycles. The summed E-state index contributed by atoms with van der Waals surface area (Å²) in [4.78, 5) is 18.7. The molecular weight excluding hydrogens is 367 g/mol. The Morgan fingerprint density at radius 2 is 2.07 bits per heavy atom. The zero-order valence-corrected chi connectivity index (χ0v) is 15.5. The highest BCUT2D eigenvalue weighted by molar-refractivity contribution is 5.94. The molecule has 1 aliphatic heterocycles. The summed E-state index contributed by atoms with van der Waals surface area (Å²) in [5.41, 5.74) is 3.42. The molecule has 1 amide bonds. The Morgan fingerprint density at radius 3 is 2.79 bits per heavy atom. The molecular formula is C21H22F3N3O. The molecule has 2 aliphatic rings. The van der Waals surface area contributed by atoms with Crippen LogP contribution in [0.3, 0.4) is 0 Å². The smallest absolute Gasteiger partial charge is 0.326 e. The first kappa shape index (κ1) is 18.9. The van der Waals surface area contributed by atoms with Crippen molar-refractivity contribution >= 4 is 11.6 Å². The van der Waals surface area contributed by atoms with E-state index >= 15 is 0 Å². The number of amides is 1. The second kappa shape index (κ2) is 7.20. The van der Waals surface area contributed by atoms with Crippen LogP contribution in [0.4, 0.5) is 18.9 Å². The highest BCUT2D eigenvalue weighted by Gasteiger charge is 2.52. The summed E-state index contributed by atoms with van der Waals surface area (Å²) in [7, 11) is 0. The summed E-state index contributed by atoms with van der Waals surface area (Å²) in [6.45, 7) is 1.38. The molecule has 1 N–H and O–H groups in total. The van der Waals surface area contributed by atoms with Crippen LogP contribution in [0.5, 0.6) is 0 Å². The van der Waals surface area contributed by atoms with Gasteiger partial charge in [0.2, 0.25) is 5.91 Å². The molecule has 4 nitrogen and oxygen atoms in total. The molecule has 3 atom stereocenters. The minimum Gasteiger partial charge on any atom is -0.326 e. The number of likely N-dealkylation sites (tertiary alicyclic amines) is 1. The van der Waals surface area contributed by atoms with Crippen LogP contribution in [0.2, 0.25) is 0 Å². The number of pyridine rings is 1. The van der Waals surface area contributed by atoms with Gasteiger partial charge in [-0.05, 0) is 55.5 Å². The average molecular weight is 389 g/mol. The predicted molar refractivity (Wildman–Crippen MR) is 101 cm³/mol. The van der Waals surface area contributed by atoms with Gasteiger partial charge in [-0.25, -0.2) is 0 Å². The number of aromatic nitrogens is 1. The lowest BCUT2D eigenvalue weighted by Gasteiger charge is -2.27. The minimum absolute atomic E-state index is 0.00643. The van der Waals surface area contributed by atoms with Crippen LogP contribution in [0.1, 0.15) is 18.4 Å². The molecule has 1 saturated heterocycles. The summed E-state index contributed by atoms with van der Waals surface area (Å²) in [6.07, 6.45) is -1.07. The van der Waals surface area contributed by atoms with Crippen molar-refractivity contribution in [3.8, 4) is 11.3 Å². The van der Waals surface area contributed by atoms with Crippen molar-refractivity contribution in [3.05, 3.63) is 48.2 Å². The van der Waals surface area contributed by atoms with Crippen molar-refractivity contribution in [2.45, 2.75) is 32.0 Å². The summed E-state index contributed by atoms with van der Waals surface area (Å²) in [6, 6.07) is 10.9. The maximum Gasteiger partial charge on any atom is 0.401 e. The van der Waals surface area contributed by atoms with Crippen LogP contribution < -0.4 is 5.32 Å². The molecule has 4 rings (SSSR count). The number of fused-ring (bicyclic) bond motifs is 2. The van der Waals surface area contributed by atoms with Gasteiger partial charge in [0.25, 0.3) is 0 Å². The molecule has 2 heterocycles. The fourth-order valence-electron chi connectivity index (χ4n) is 4.63. The molecule has 2 fully saturated rings. The maximum atomic E-state index is 12.9. The first-order valence-electron chi connectivity index (χ1n) is 9.45. The van der Waals surface area contributed by atoms with E-state index in [0.29, 0.717) is 18.7 Å². The fraction of sp³-hybridized carbons (Fsp3) is 0.429. The van der Waals surface area contributed by atoms with Crippen LogP contribution >= 0.6 is 0 Å². The lowest BCUT2D eigenvalue weighted by molar-refractivity contribution is -0.150. The number of carbonyl (C=O) groups is 1. The van der Waals surface area contributed by atoms with Crippen LogP contribution in [-0.4, -0.2) is 41.1 Å². The summed E-state index contributed by atoms with van der Waals surface area (Å²) in [5, 5.41) is 2.93. The van der Waals surface area contributed by atoms with E-state index in [9.17, 15) is 18.0 Å². The Morgan fingerprint density at radius 1 is 1.25 bits per heavy atom. The van der Waals surface area contributed by atoms with Crippen LogP contribution in [0, 0.1) is 18.8 Å². The van der Waals surface area contributed by atoms with Gasteiger partial charge in [0, 0.05) is 30.0 Å². The number of hydrogen-bond donors (Lipinski definition) is 1. The monoisotopic (exact) mass is 389 g/mol. The normalized spacial score (nSPS) is 24.5. The number of rotatable bonds is 4. The molecule has 2 aromatic rings. The van der Waals surface area contributed by atoms with Gasteiger partial charge < -0.3 is 5.32 Å². The van der Waals surface area contributed by atoms with Gasteiger partial charge in [-0.3, -0.25) is 14.7 Å². The van der Waals surface area contributed by atoms with E-state index in [2.05, 4.69) is 10.3 Å². The maximum absolute atomic E-state index is 12.9. The van der Waals surface area contributed by atoms with Gasteiger partial charge in [-0.2, -0.15) is 13.2 Å². The quantitative estimate of drug-likeness (QED) is 0.850. The largest absolute Gasteiger partial charge is 0.401 e. The third-order valence-corrected chi connectivity index (χ3v) is 5.82. The zero-order valence-electron chi connectivity index (χ0n) is 15.5. The van der Waals surface area contributed by atoms with Crippen LogP contribution in [0.15, 0.2) is 42.6 Å². The second-order valence-corrected chi connectivity index (χ2v) is 7.71. The number of nitrogens with one attached hydrogen (secondary N) is 1. The van der Waals surface area contributed by atoms with E-state index < -0.39 is 12.7 Å². The van der Waals surface area contributed by atoms with Gasteiger partial charge in [0.1, 0.15) is 0 Å². The molecule has 148 valence electrons. The van der Waals surface area contributed by atoms with Crippen molar-refractivity contribution in [1.82, 2.24) is 9.88 Å². The van der Waals surface area contributed by atoms with E-state index in [1.54, 1.807) is 6.20 Å². The summed E-state index contributed by atoms with van der Waals surface area (Å²) in [5.74, 6) is -0.581. The highest BCUT2D eigenvalue weighted by atomic mass is 19.4. The number of benzene rings is 1. The van der Waals surface area contributed by atoms with E-state index in [0.717, 1.165) is 23.2 Å². The van der Waals surface area contributed by atoms with E-state index in [1.165, 1.54) is 4.90 Å². The van der Waals surface area contributed by atoms with Crippen molar-refractivity contribution < 1.29 is 18.0 Å². The molecule has 2 bridgehead atoms. The standard InChI is InChI=1S/C21H22F3N3O/c1-13-5-7-15(10-16(13)17-4-2-3-9-25-17)26-20(28)19-14-6-8-18(19)27(11-14)12-21(22,23)24/h2-5,7,9-10,14,18-19H,6,8,11-12H2,1H3,(H,26,28)/t14-,18-,19-/m0/s1. The molecule has 1 saturated carbocycles. The third kappa shape index (κ3) is 3.76. The minimum atomic E-state index is -4.24. The number of nitrogens with zero attached hydrogens (tertiary/aromatic N) is 2. The van der Waals surface area contributed by atoms with Crippen molar-refractivity contribution in [2.75, 3.05) is 18.4 Å². The lowest BCUT2D eigenvalue weighted by Crippen LogP contribution is -2.41. The molecule has 0 radical (unpaired) electrons. The van der Waals surface area contributed by atoms with Crippen molar-refractivity contribution in [3.63, 3.8) is 0 Å². The Labute approximate surface area is 161 Å². The lowest BCUT2D eigenvalue weighted by atomic mass is 9.97. The Hall–Kier alpha value is -2.41. The van der Waals surface area contributed by atoms with Gasteiger partial charge in [-0.1, -0.05) is 12.1 Å². The molecule has 0 spiro atoms. The Kier molecular flexibility index (Phi) is 4.87. The molecule has 7 heteroatoms. The van der Waals surface area contributed by atoms with Crippen LogP contribution in [-0.2, 0) is 4.79 Å². The Balaban J connectivity index is 1.50. The highest BCUT2D eigenvalue weighted by Crippen LogP contribution is 2.44. The SMILES string of the molecule is Cc1ccc(NC(=O)[C@H]2[C@H]3CC[C@@H]2N(CC(F)(F)F)C3)cc1-c1ccccn1. The summed E-state index contributed by atoms with van der Waals surface area (Å²) >= 11 is 0. The van der Waals surface area contributed by atoms with E-state index in [4.69, 9.17) is 0 Å².